The van der Waals surface area contributed by atoms with Crippen LogP contribution in [0.5, 0.6) is 0 Å². The molecule has 0 aliphatic rings. The molecule has 2 heteroatoms. The molecule has 0 saturated carbocycles. The van der Waals surface area contributed by atoms with E-state index in [2.05, 4.69) is 12.3 Å². The van der Waals surface area contributed by atoms with Gasteiger partial charge in [0, 0.05) is 12.5 Å². The summed E-state index contributed by atoms with van der Waals surface area (Å²) < 4.78 is 0. The summed E-state index contributed by atoms with van der Waals surface area (Å²) in [4.78, 5) is 0. The Morgan fingerprint density at radius 2 is 2.30 bits per heavy atom. The maximum Gasteiger partial charge on any atom is 0.0628 e. The monoisotopic (exact) mass is 142 g/mol. The van der Waals surface area contributed by atoms with Gasteiger partial charge >= 0.3 is 0 Å². The molecule has 0 heterocycles. The van der Waals surface area contributed by atoms with E-state index < -0.39 is 6.10 Å². The molecular formula is C8H14O2. The molecule has 2 nitrogen and oxygen atoms in total. The summed E-state index contributed by atoms with van der Waals surface area (Å²) in [7, 11) is 0. The molecule has 0 aromatic rings. The average molecular weight is 142 g/mol. The van der Waals surface area contributed by atoms with Gasteiger partial charge in [0.15, 0.2) is 0 Å². The van der Waals surface area contributed by atoms with Gasteiger partial charge in [0.05, 0.1) is 6.10 Å². The van der Waals surface area contributed by atoms with Gasteiger partial charge in [-0.3, -0.25) is 0 Å². The number of aliphatic hydroxyl groups excluding tert-OH is 2. The SMILES string of the molecule is C=C=CCC(O)C(C)CO. The van der Waals surface area contributed by atoms with Crippen LogP contribution in [-0.2, 0) is 0 Å². The van der Waals surface area contributed by atoms with Crippen molar-refractivity contribution in [2.45, 2.75) is 19.4 Å². The molecule has 2 unspecified atom stereocenters. The number of hydrogen-bond acceptors (Lipinski definition) is 2. The lowest BCUT2D eigenvalue weighted by Crippen LogP contribution is -2.19. The second kappa shape index (κ2) is 5.24. The zero-order valence-corrected chi connectivity index (χ0v) is 6.25. The highest BCUT2D eigenvalue weighted by atomic mass is 16.3. The summed E-state index contributed by atoms with van der Waals surface area (Å²) >= 11 is 0. The number of aliphatic hydroxyl groups is 2. The van der Waals surface area contributed by atoms with Crippen LogP contribution in [0.2, 0.25) is 0 Å². The van der Waals surface area contributed by atoms with Crippen LogP contribution in [0.4, 0.5) is 0 Å². The molecule has 0 aliphatic carbocycles. The minimum absolute atomic E-state index is 0.0200. The summed E-state index contributed by atoms with van der Waals surface area (Å²) in [5, 5.41) is 17.8. The smallest absolute Gasteiger partial charge is 0.0628 e. The van der Waals surface area contributed by atoms with Gasteiger partial charge in [-0.2, -0.15) is 0 Å². The minimum atomic E-state index is -0.473. The molecule has 0 amide bonds. The van der Waals surface area contributed by atoms with Crippen LogP contribution in [-0.4, -0.2) is 22.9 Å². The third kappa shape index (κ3) is 3.46. The predicted molar refractivity (Wildman–Crippen MR) is 40.6 cm³/mol. The molecule has 2 N–H and O–H groups in total. The average Bonchev–Trinajstić information content (AvgIpc) is 1.98. The minimum Gasteiger partial charge on any atom is -0.396 e. The summed E-state index contributed by atoms with van der Waals surface area (Å²) in [5.74, 6) is -0.0652. The van der Waals surface area contributed by atoms with Crippen LogP contribution in [0.25, 0.3) is 0 Å². The van der Waals surface area contributed by atoms with E-state index in [1.807, 2.05) is 0 Å². The maximum atomic E-state index is 9.19. The standard InChI is InChI=1S/C8H14O2/c1-3-4-5-8(10)7(2)6-9/h4,7-10H,1,5-6H2,2H3. The van der Waals surface area contributed by atoms with Crippen molar-refractivity contribution in [3.05, 3.63) is 18.4 Å². The molecule has 0 bridgehead atoms. The number of hydrogen-bond donors (Lipinski definition) is 2. The molecule has 58 valence electrons. The molecule has 0 spiro atoms. The van der Waals surface area contributed by atoms with Crippen molar-refractivity contribution in [1.29, 1.82) is 0 Å². The van der Waals surface area contributed by atoms with Crippen LogP contribution in [0.15, 0.2) is 18.4 Å². The molecule has 0 fully saturated rings. The molecular weight excluding hydrogens is 128 g/mol. The van der Waals surface area contributed by atoms with Crippen molar-refractivity contribution >= 4 is 0 Å². The first-order valence-electron chi connectivity index (χ1n) is 3.35. The van der Waals surface area contributed by atoms with Crippen LogP contribution >= 0.6 is 0 Å². The van der Waals surface area contributed by atoms with Gasteiger partial charge < -0.3 is 10.2 Å². The summed E-state index contributed by atoms with van der Waals surface area (Å²) in [6.07, 6.45) is 1.71. The van der Waals surface area contributed by atoms with E-state index in [0.717, 1.165) is 0 Å². The van der Waals surface area contributed by atoms with Crippen molar-refractivity contribution in [2.75, 3.05) is 6.61 Å². The van der Waals surface area contributed by atoms with E-state index in [-0.39, 0.29) is 12.5 Å². The van der Waals surface area contributed by atoms with Gasteiger partial charge in [-0.25, -0.2) is 0 Å². The molecule has 10 heavy (non-hydrogen) atoms. The second-order valence-electron chi connectivity index (χ2n) is 2.37. The van der Waals surface area contributed by atoms with E-state index in [1.54, 1.807) is 13.0 Å². The van der Waals surface area contributed by atoms with Crippen LogP contribution in [0.1, 0.15) is 13.3 Å². The fourth-order valence-electron chi connectivity index (χ4n) is 0.558. The quantitative estimate of drug-likeness (QED) is 0.567. The predicted octanol–water partition coefficient (Wildman–Crippen LogP) is 0.707. The first kappa shape index (κ1) is 9.44. The fraction of sp³-hybridized carbons (Fsp3) is 0.625. The normalized spacial score (nSPS) is 15.5. The van der Waals surface area contributed by atoms with Crippen molar-refractivity contribution in [3.8, 4) is 0 Å². The Labute approximate surface area is 61.5 Å². The molecule has 0 aliphatic heterocycles. The van der Waals surface area contributed by atoms with Gasteiger partial charge in [-0.15, -0.1) is 5.73 Å². The van der Waals surface area contributed by atoms with Gasteiger partial charge in [0.25, 0.3) is 0 Å². The van der Waals surface area contributed by atoms with Crippen LogP contribution < -0.4 is 0 Å². The number of rotatable bonds is 4. The van der Waals surface area contributed by atoms with Crippen molar-refractivity contribution in [1.82, 2.24) is 0 Å². The van der Waals surface area contributed by atoms with Crippen molar-refractivity contribution in [3.63, 3.8) is 0 Å². The first-order chi connectivity index (χ1) is 4.72. The lowest BCUT2D eigenvalue weighted by atomic mass is 10.0. The van der Waals surface area contributed by atoms with E-state index in [9.17, 15) is 5.11 Å². The van der Waals surface area contributed by atoms with Crippen molar-refractivity contribution < 1.29 is 10.2 Å². The molecule has 0 aromatic heterocycles. The summed E-state index contributed by atoms with van der Waals surface area (Å²) in [5.41, 5.74) is 2.56. The van der Waals surface area contributed by atoms with Crippen molar-refractivity contribution in [2.24, 2.45) is 5.92 Å². The molecule has 0 aromatic carbocycles. The Balaban J connectivity index is 3.60. The van der Waals surface area contributed by atoms with Crippen LogP contribution in [0.3, 0.4) is 0 Å². The highest BCUT2D eigenvalue weighted by Gasteiger charge is 2.10. The van der Waals surface area contributed by atoms with E-state index in [4.69, 9.17) is 5.11 Å². The van der Waals surface area contributed by atoms with E-state index in [1.165, 1.54) is 0 Å². The molecule has 0 rings (SSSR count). The Hall–Kier alpha value is -0.560. The summed E-state index contributed by atoms with van der Waals surface area (Å²) in [6.45, 7) is 5.18. The van der Waals surface area contributed by atoms with Gasteiger partial charge in [0.2, 0.25) is 0 Å². The van der Waals surface area contributed by atoms with E-state index >= 15 is 0 Å². The Bertz CT molecular complexity index is 125. The summed E-state index contributed by atoms with van der Waals surface area (Å²) in [6, 6.07) is 0. The lowest BCUT2D eigenvalue weighted by molar-refractivity contribution is 0.0795. The Morgan fingerprint density at radius 3 is 2.70 bits per heavy atom. The first-order valence-corrected chi connectivity index (χ1v) is 3.35. The third-order valence-corrected chi connectivity index (χ3v) is 1.45. The van der Waals surface area contributed by atoms with Gasteiger partial charge in [0.1, 0.15) is 0 Å². The zero-order chi connectivity index (χ0) is 7.98. The van der Waals surface area contributed by atoms with Gasteiger partial charge in [-0.1, -0.05) is 13.5 Å². The topological polar surface area (TPSA) is 40.5 Å². The molecule has 2 atom stereocenters. The van der Waals surface area contributed by atoms with Gasteiger partial charge in [-0.05, 0) is 12.5 Å². The Morgan fingerprint density at radius 1 is 1.70 bits per heavy atom. The fourth-order valence-corrected chi connectivity index (χ4v) is 0.558. The lowest BCUT2D eigenvalue weighted by Gasteiger charge is -2.13. The highest BCUT2D eigenvalue weighted by Crippen LogP contribution is 2.05. The Kier molecular flexibility index (Phi) is 4.95. The third-order valence-electron chi connectivity index (χ3n) is 1.45. The second-order valence-corrected chi connectivity index (χ2v) is 2.37. The molecule has 0 radical (unpaired) electrons. The van der Waals surface area contributed by atoms with E-state index in [0.29, 0.717) is 6.42 Å². The molecule has 0 saturated heterocycles. The maximum absolute atomic E-state index is 9.19. The van der Waals surface area contributed by atoms with Crippen LogP contribution in [0, 0.1) is 5.92 Å². The zero-order valence-electron chi connectivity index (χ0n) is 6.25. The largest absolute Gasteiger partial charge is 0.396 e. The highest BCUT2D eigenvalue weighted by molar-refractivity contribution is 4.80.